The van der Waals surface area contributed by atoms with E-state index in [1.54, 1.807) is 0 Å². The molecule has 1 heterocycles. The number of alkyl halides is 2. The molecule has 0 aliphatic carbocycles. The lowest BCUT2D eigenvalue weighted by Crippen LogP contribution is -2.00. The van der Waals surface area contributed by atoms with E-state index in [0.29, 0.717) is 9.26 Å². The molecule has 1 aromatic rings. The number of rotatable bonds is 2. The van der Waals surface area contributed by atoms with Gasteiger partial charge in [0, 0.05) is 3.57 Å². The summed E-state index contributed by atoms with van der Waals surface area (Å²) in [6, 6.07) is 3.23. The van der Waals surface area contributed by atoms with Gasteiger partial charge in [-0.2, -0.15) is 5.26 Å². The molecular formula is C8H4F2I2N2. The Bertz CT molecular complexity index is 388. The molecular weight excluding hydrogens is 416 g/mol. The Labute approximate surface area is 107 Å². The van der Waals surface area contributed by atoms with Gasteiger partial charge >= 0.3 is 0 Å². The second-order valence-electron chi connectivity index (χ2n) is 2.45. The molecule has 0 saturated carbocycles. The molecule has 0 atom stereocenters. The van der Waals surface area contributed by atoms with Gasteiger partial charge in [0.05, 0.1) is 12.5 Å². The van der Waals surface area contributed by atoms with Gasteiger partial charge in [-0.3, -0.25) is 0 Å². The maximum Gasteiger partial charge on any atom is 0.280 e. The Morgan fingerprint density at radius 1 is 1.50 bits per heavy atom. The van der Waals surface area contributed by atoms with Gasteiger partial charge in [-0.15, -0.1) is 0 Å². The lowest BCUT2D eigenvalue weighted by molar-refractivity contribution is 0.145. The van der Waals surface area contributed by atoms with Gasteiger partial charge in [-0.25, -0.2) is 13.8 Å². The van der Waals surface area contributed by atoms with E-state index in [2.05, 4.69) is 4.98 Å². The monoisotopic (exact) mass is 420 g/mol. The average Bonchev–Trinajstić information content (AvgIpc) is 2.12. The van der Waals surface area contributed by atoms with Crippen LogP contribution in [0.3, 0.4) is 0 Å². The van der Waals surface area contributed by atoms with Crippen molar-refractivity contribution in [3.63, 3.8) is 0 Å². The molecule has 0 fully saturated rings. The summed E-state index contributed by atoms with van der Waals surface area (Å²) in [4.78, 5) is 3.73. The van der Waals surface area contributed by atoms with Crippen LogP contribution in [0.4, 0.5) is 8.78 Å². The maximum absolute atomic E-state index is 12.3. The van der Waals surface area contributed by atoms with Crippen LogP contribution < -0.4 is 0 Å². The van der Waals surface area contributed by atoms with Crippen molar-refractivity contribution in [1.82, 2.24) is 4.98 Å². The first-order valence-electron chi connectivity index (χ1n) is 3.56. The molecule has 0 saturated heterocycles. The molecule has 0 radical (unpaired) electrons. The summed E-state index contributed by atoms with van der Waals surface area (Å²) < 4.78 is 26.0. The van der Waals surface area contributed by atoms with Crippen LogP contribution in [-0.2, 0) is 6.42 Å². The zero-order valence-corrected chi connectivity index (χ0v) is 11.1. The van der Waals surface area contributed by atoms with Crippen LogP contribution >= 0.6 is 45.2 Å². The minimum Gasteiger partial charge on any atom is -0.240 e. The van der Waals surface area contributed by atoms with Crippen molar-refractivity contribution in [2.24, 2.45) is 0 Å². The number of halogens is 4. The van der Waals surface area contributed by atoms with E-state index in [1.165, 1.54) is 6.07 Å². The standard InChI is InChI=1S/C8H4F2I2N2/c9-7(10)5-3-4(1-2-13)6(11)8(12)14-5/h3,7H,1H2. The highest BCUT2D eigenvalue weighted by atomic mass is 127. The first-order valence-corrected chi connectivity index (χ1v) is 5.72. The SMILES string of the molecule is N#CCc1cc(C(F)F)nc(I)c1I. The molecule has 1 aromatic heterocycles. The first kappa shape index (κ1) is 12.0. The summed E-state index contributed by atoms with van der Waals surface area (Å²) in [6.45, 7) is 0. The number of nitrogens with zero attached hydrogens (tertiary/aromatic N) is 2. The third-order valence-corrected chi connectivity index (χ3v) is 4.52. The summed E-state index contributed by atoms with van der Waals surface area (Å²) >= 11 is 3.89. The van der Waals surface area contributed by atoms with Gasteiger partial charge < -0.3 is 0 Å². The Morgan fingerprint density at radius 3 is 2.64 bits per heavy atom. The first-order chi connectivity index (χ1) is 6.56. The predicted octanol–water partition coefficient (Wildman–Crippen LogP) is 3.29. The average molecular weight is 420 g/mol. The van der Waals surface area contributed by atoms with Crippen LogP contribution in [0.25, 0.3) is 0 Å². The van der Waals surface area contributed by atoms with Crippen molar-refractivity contribution in [1.29, 1.82) is 5.26 Å². The molecule has 0 spiro atoms. The minimum absolute atomic E-state index is 0.135. The Kier molecular flexibility index (Phi) is 4.43. The summed E-state index contributed by atoms with van der Waals surface area (Å²) in [5.74, 6) is 0. The predicted molar refractivity (Wildman–Crippen MR) is 63.9 cm³/mol. The molecule has 14 heavy (non-hydrogen) atoms. The fraction of sp³-hybridized carbons (Fsp3) is 0.250. The number of pyridine rings is 1. The van der Waals surface area contributed by atoms with Gasteiger partial charge in [0.25, 0.3) is 6.43 Å². The second kappa shape index (κ2) is 5.16. The van der Waals surface area contributed by atoms with E-state index in [1.807, 2.05) is 51.3 Å². The molecule has 2 nitrogen and oxygen atoms in total. The normalized spacial score (nSPS) is 10.3. The van der Waals surface area contributed by atoms with Crippen LogP contribution in [0.15, 0.2) is 6.07 Å². The van der Waals surface area contributed by atoms with Crippen LogP contribution in [0.2, 0.25) is 0 Å². The van der Waals surface area contributed by atoms with E-state index in [-0.39, 0.29) is 12.1 Å². The highest BCUT2D eigenvalue weighted by Gasteiger charge is 2.14. The zero-order chi connectivity index (χ0) is 10.7. The van der Waals surface area contributed by atoms with Gasteiger partial charge in [-0.1, -0.05) is 0 Å². The summed E-state index contributed by atoms with van der Waals surface area (Å²) in [6.07, 6.45) is -2.45. The third kappa shape index (κ3) is 2.73. The van der Waals surface area contributed by atoms with Crippen LogP contribution in [0.5, 0.6) is 0 Å². The maximum atomic E-state index is 12.3. The molecule has 0 aliphatic rings. The van der Waals surface area contributed by atoms with Crippen molar-refractivity contribution >= 4 is 45.2 Å². The van der Waals surface area contributed by atoms with E-state index < -0.39 is 6.43 Å². The molecule has 6 heteroatoms. The summed E-state index contributed by atoms with van der Waals surface area (Å²) in [7, 11) is 0. The van der Waals surface area contributed by atoms with Crippen molar-refractivity contribution in [2.45, 2.75) is 12.8 Å². The second-order valence-corrected chi connectivity index (χ2v) is 4.55. The van der Waals surface area contributed by atoms with Crippen LogP contribution in [0, 0.1) is 18.6 Å². The van der Waals surface area contributed by atoms with E-state index in [4.69, 9.17) is 5.26 Å². The topological polar surface area (TPSA) is 36.7 Å². The van der Waals surface area contributed by atoms with Gasteiger partial charge in [0.15, 0.2) is 0 Å². The van der Waals surface area contributed by atoms with E-state index in [9.17, 15) is 8.78 Å². The van der Waals surface area contributed by atoms with Crippen molar-refractivity contribution < 1.29 is 8.78 Å². The lowest BCUT2D eigenvalue weighted by atomic mass is 10.2. The molecule has 0 aliphatic heterocycles. The lowest BCUT2D eigenvalue weighted by Gasteiger charge is -2.05. The van der Waals surface area contributed by atoms with Crippen LogP contribution in [-0.4, -0.2) is 4.98 Å². The minimum atomic E-state index is -2.59. The fourth-order valence-corrected chi connectivity index (χ4v) is 1.99. The zero-order valence-electron chi connectivity index (χ0n) is 6.77. The molecule has 74 valence electrons. The van der Waals surface area contributed by atoms with Crippen LogP contribution in [0.1, 0.15) is 17.7 Å². The van der Waals surface area contributed by atoms with Crippen molar-refractivity contribution in [2.75, 3.05) is 0 Å². The fourth-order valence-electron chi connectivity index (χ4n) is 0.895. The van der Waals surface area contributed by atoms with Gasteiger partial charge in [-0.05, 0) is 56.8 Å². The number of aromatic nitrogens is 1. The van der Waals surface area contributed by atoms with E-state index in [0.717, 1.165) is 3.57 Å². The number of nitriles is 1. The Balaban J connectivity index is 3.22. The molecule has 0 N–H and O–H groups in total. The Hall–Kier alpha value is -0.0400. The Morgan fingerprint density at radius 2 is 2.14 bits per heavy atom. The van der Waals surface area contributed by atoms with Crippen molar-refractivity contribution in [3.05, 3.63) is 24.6 Å². The number of hydrogen-bond acceptors (Lipinski definition) is 2. The van der Waals surface area contributed by atoms with Crippen molar-refractivity contribution in [3.8, 4) is 6.07 Å². The smallest absolute Gasteiger partial charge is 0.240 e. The largest absolute Gasteiger partial charge is 0.280 e. The highest BCUT2D eigenvalue weighted by molar-refractivity contribution is 14.1. The molecule has 0 unspecified atom stereocenters. The molecule has 1 rings (SSSR count). The third-order valence-electron chi connectivity index (χ3n) is 1.51. The quantitative estimate of drug-likeness (QED) is 0.544. The van der Waals surface area contributed by atoms with Gasteiger partial charge in [0.2, 0.25) is 0 Å². The summed E-state index contributed by atoms with van der Waals surface area (Å²) in [5.41, 5.74) is 0.350. The molecule has 0 aromatic carbocycles. The molecule has 0 bridgehead atoms. The van der Waals surface area contributed by atoms with Gasteiger partial charge in [0.1, 0.15) is 9.39 Å². The van der Waals surface area contributed by atoms with E-state index >= 15 is 0 Å². The highest BCUT2D eigenvalue weighted by Crippen LogP contribution is 2.24. The summed E-state index contributed by atoms with van der Waals surface area (Å²) in [5, 5.41) is 8.50. The molecule has 0 amide bonds. The number of hydrogen-bond donors (Lipinski definition) is 0.